The van der Waals surface area contributed by atoms with Crippen molar-refractivity contribution in [3.8, 4) is 0 Å². The van der Waals surface area contributed by atoms with Gasteiger partial charge in [0.2, 0.25) is 15.9 Å². The molecule has 0 radical (unpaired) electrons. The molecule has 24 heavy (non-hydrogen) atoms. The second-order valence-corrected chi connectivity index (χ2v) is 7.74. The van der Waals surface area contributed by atoms with Crippen molar-refractivity contribution in [3.05, 3.63) is 60.2 Å². The number of carbonyl (C=O) groups excluding carboxylic acids is 1. The van der Waals surface area contributed by atoms with E-state index in [2.05, 4.69) is 0 Å². The van der Waals surface area contributed by atoms with Gasteiger partial charge in [0.1, 0.15) is 0 Å². The number of nitrogens with zero attached hydrogens (tertiary/aromatic N) is 2. The molecular formula is C18H20N2O3S. The molecule has 0 N–H and O–H groups in total. The highest BCUT2D eigenvalue weighted by Gasteiger charge is 2.31. The van der Waals surface area contributed by atoms with Crippen molar-refractivity contribution >= 4 is 21.6 Å². The summed E-state index contributed by atoms with van der Waals surface area (Å²) in [5, 5.41) is 0. The van der Waals surface area contributed by atoms with Gasteiger partial charge in [0.25, 0.3) is 0 Å². The summed E-state index contributed by atoms with van der Waals surface area (Å²) in [6.45, 7) is 2.49. The Bertz CT molecular complexity index is 834. The zero-order chi connectivity index (χ0) is 17.2. The van der Waals surface area contributed by atoms with Crippen LogP contribution in [0.3, 0.4) is 0 Å². The van der Waals surface area contributed by atoms with Crippen LogP contribution in [0.2, 0.25) is 0 Å². The molecule has 2 aromatic carbocycles. The third kappa shape index (κ3) is 3.20. The molecule has 1 aliphatic heterocycles. The number of hydrogen-bond donors (Lipinski definition) is 0. The molecule has 1 amide bonds. The third-order valence-corrected chi connectivity index (χ3v) is 6.19. The van der Waals surface area contributed by atoms with E-state index >= 15 is 0 Å². The summed E-state index contributed by atoms with van der Waals surface area (Å²) in [6.07, 6.45) is 0.603. The fourth-order valence-electron chi connectivity index (χ4n) is 2.92. The van der Waals surface area contributed by atoms with Gasteiger partial charge in [0.05, 0.1) is 11.4 Å². The molecular weight excluding hydrogens is 324 g/mol. The Morgan fingerprint density at radius 2 is 1.58 bits per heavy atom. The SMILES string of the molecule is Cc1ccccc1S(=O)(=O)N1CCCN(c2ccccc2)C(=O)C1. The summed E-state index contributed by atoms with van der Waals surface area (Å²) < 4.78 is 27.1. The summed E-state index contributed by atoms with van der Waals surface area (Å²) in [7, 11) is -3.67. The maximum atomic E-state index is 12.9. The molecule has 0 aromatic heterocycles. The van der Waals surface area contributed by atoms with Crippen molar-refractivity contribution in [2.45, 2.75) is 18.2 Å². The number of benzene rings is 2. The van der Waals surface area contributed by atoms with E-state index in [0.29, 0.717) is 25.1 Å². The van der Waals surface area contributed by atoms with Crippen LogP contribution in [0.15, 0.2) is 59.5 Å². The van der Waals surface area contributed by atoms with E-state index in [9.17, 15) is 13.2 Å². The van der Waals surface area contributed by atoms with Crippen molar-refractivity contribution < 1.29 is 13.2 Å². The monoisotopic (exact) mass is 344 g/mol. The van der Waals surface area contributed by atoms with Gasteiger partial charge in [0, 0.05) is 18.8 Å². The van der Waals surface area contributed by atoms with Gasteiger partial charge in [-0.25, -0.2) is 8.42 Å². The molecule has 1 aliphatic rings. The van der Waals surface area contributed by atoms with Crippen molar-refractivity contribution in [2.24, 2.45) is 0 Å². The third-order valence-electron chi connectivity index (χ3n) is 4.18. The van der Waals surface area contributed by atoms with Gasteiger partial charge in [-0.3, -0.25) is 4.79 Å². The summed E-state index contributed by atoms with van der Waals surface area (Å²) >= 11 is 0. The minimum atomic E-state index is -3.67. The van der Waals surface area contributed by atoms with Gasteiger partial charge >= 0.3 is 0 Å². The van der Waals surface area contributed by atoms with Crippen LogP contribution in [0.5, 0.6) is 0 Å². The lowest BCUT2D eigenvalue weighted by atomic mass is 10.2. The van der Waals surface area contributed by atoms with Crippen LogP contribution < -0.4 is 4.90 Å². The number of rotatable bonds is 3. The van der Waals surface area contributed by atoms with E-state index in [1.54, 1.807) is 36.1 Å². The number of sulfonamides is 1. The standard InChI is InChI=1S/C18H20N2O3S/c1-15-8-5-6-11-17(15)24(22,23)19-12-7-13-20(18(21)14-19)16-9-3-2-4-10-16/h2-6,8-11H,7,12-14H2,1H3. The fourth-order valence-corrected chi connectivity index (χ4v) is 4.57. The number of aryl methyl sites for hydroxylation is 1. The first-order chi connectivity index (χ1) is 11.5. The van der Waals surface area contributed by atoms with Gasteiger partial charge in [-0.1, -0.05) is 36.4 Å². The van der Waals surface area contributed by atoms with E-state index in [1.807, 2.05) is 30.3 Å². The Hall–Kier alpha value is -2.18. The largest absolute Gasteiger partial charge is 0.311 e. The van der Waals surface area contributed by atoms with Gasteiger partial charge in [-0.05, 0) is 37.1 Å². The van der Waals surface area contributed by atoms with Crippen LogP contribution in [0.1, 0.15) is 12.0 Å². The van der Waals surface area contributed by atoms with Gasteiger partial charge in [0.15, 0.2) is 0 Å². The topological polar surface area (TPSA) is 57.7 Å². The maximum absolute atomic E-state index is 12.9. The van der Waals surface area contributed by atoms with E-state index in [0.717, 1.165) is 5.69 Å². The molecule has 1 heterocycles. The number of carbonyl (C=O) groups is 1. The normalized spacial score (nSPS) is 16.9. The van der Waals surface area contributed by atoms with E-state index in [1.165, 1.54) is 4.31 Å². The smallest absolute Gasteiger partial charge is 0.243 e. The van der Waals surface area contributed by atoms with Gasteiger partial charge in [-0.2, -0.15) is 4.31 Å². The minimum absolute atomic E-state index is 0.133. The summed E-state index contributed by atoms with van der Waals surface area (Å²) in [5.41, 5.74) is 1.49. The first-order valence-electron chi connectivity index (χ1n) is 7.91. The van der Waals surface area contributed by atoms with Crippen molar-refractivity contribution in [3.63, 3.8) is 0 Å². The average molecular weight is 344 g/mol. The van der Waals surface area contributed by atoms with E-state index < -0.39 is 10.0 Å². The predicted octanol–water partition coefficient (Wildman–Crippen LogP) is 2.42. The quantitative estimate of drug-likeness (QED) is 0.859. The number of anilines is 1. The number of hydrogen-bond acceptors (Lipinski definition) is 3. The molecule has 2 aromatic rings. The van der Waals surface area contributed by atoms with Crippen LogP contribution in [-0.2, 0) is 14.8 Å². The molecule has 0 spiro atoms. The number of para-hydroxylation sites is 1. The fraction of sp³-hybridized carbons (Fsp3) is 0.278. The molecule has 0 aliphatic carbocycles. The molecule has 6 heteroatoms. The molecule has 3 rings (SSSR count). The lowest BCUT2D eigenvalue weighted by molar-refractivity contribution is -0.118. The van der Waals surface area contributed by atoms with E-state index in [4.69, 9.17) is 0 Å². The number of amides is 1. The Kier molecular flexibility index (Phi) is 4.69. The summed E-state index contributed by atoms with van der Waals surface area (Å²) in [5.74, 6) is -0.198. The lowest BCUT2D eigenvalue weighted by Crippen LogP contribution is -2.39. The van der Waals surface area contributed by atoms with E-state index in [-0.39, 0.29) is 17.3 Å². The van der Waals surface area contributed by atoms with Crippen LogP contribution >= 0.6 is 0 Å². The van der Waals surface area contributed by atoms with Gasteiger partial charge in [-0.15, -0.1) is 0 Å². The highest BCUT2D eigenvalue weighted by molar-refractivity contribution is 7.89. The average Bonchev–Trinajstić information content (AvgIpc) is 2.78. The van der Waals surface area contributed by atoms with Crippen molar-refractivity contribution in [2.75, 3.05) is 24.5 Å². The van der Waals surface area contributed by atoms with Crippen LogP contribution in [0.4, 0.5) is 5.69 Å². The molecule has 1 saturated heterocycles. The van der Waals surface area contributed by atoms with Crippen LogP contribution in [-0.4, -0.2) is 38.3 Å². The molecule has 1 fully saturated rings. The Morgan fingerprint density at radius 3 is 2.29 bits per heavy atom. The maximum Gasteiger partial charge on any atom is 0.243 e. The van der Waals surface area contributed by atoms with Crippen molar-refractivity contribution in [1.29, 1.82) is 0 Å². The molecule has 5 nitrogen and oxygen atoms in total. The van der Waals surface area contributed by atoms with Gasteiger partial charge < -0.3 is 4.90 Å². The zero-order valence-corrected chi connectivity index (χ0v) is 14.4. The highest BCUT2D eigenvalue weighted by Crippen LogP contribution is 2.23. The summed E-state index contributed by atoms with van der Waals surface area (Å²) in [6, 6.07) is 16.2. The second kappa shape index (κ2) is 6.75. The Labute approximate surface area is 142 Å². The van der Waals surface area contributed by atoms with Crippen molar-refractivity contribution in [1.82, 2.24) is 4.31 Å². The second-order valence-electron chi connectivity index (χ2n) is 5.84. The predicted molar refractivity (Wildman–Crippen MR) is 93.3 cm³/mol. The van der Waals surface area contributed by atoms with Crippen LogP contribution in [0.25, 0.3) is 0 Å². The lowest BCUT2D eigenvalue weighted by Gasteiger charge is -2.22. The highest BCUT2D eigenvalue weighted by atomic mass is 32.2. The Morgan fingerprint density at radius 1 is 0.917 bits per heavy atom. The molecule has 126 valence electrons. The first kappa shape index (κ1) is 16.7. The first-order valence-corrected chi connectivity index (χ1v) is 9.35. The van der Waals surface area contributed by atoms with Crippen LogP contribution in [0, 0.1) is 6.92 Å². The Balaban J connectivity index is 1.87. The minimum Gasteiger partial charge on any atom is -0.311 e. The molecule has 0 bridgehead atoms. The molecule has 0 unspecified atom stereocenters. The summed E-state index contributed by atoms with van der Waals surface area (Å²) in [4.78, 5) is 14.5. The molecule has 0 saturated carbocycles. The molecule has 0 atom stereocenters. The zero-order valence-electron chi connectivity index (χ0n) is 13.6.